The molecule has 76 valence electrons. The number of H-pyrrole nitrogens is 1. The van der Waals surface area contributed by atoms with E-state index in [1.807, 2.05) is 19.1 Å². The third kappa shape index (κ3) is 3.21. The molecule has 0 atom stereocenters. The molecule has 0 spiro atoms. The summed E-state index contributed by atoms with van der Waals surface area (Å²) in [5, 5.41) is 0. The zero-order valence-electron chi connectivity index (χ0n) is 9.00. The first-order valence-corrected chi connectivity index (χ1v) is 4.85. The number of aromatic nitrogens is 1. The van der Waals surface area contributed by atoms with Crippen LogP contribution in [0.2, 0.25) is 0 Å². The molecule has 1 heterocycles. The molecule has 0 fully saturated rings. The number of aromatic amines is 1. The Labute approximate surface area is 84.7 Å². The van der Waals surface area contributed by atoms with Crippen LogP contribution in [0.25, 0.3) is 0 Å². The van der Waals surface area contributed by atoms with Gasteiger partial charge in [0.1, 0.15) is 0 Å². The molecular weight excluding hydrogens is 174 g/mol. The van der Waals surface area contributed by atoms with Crippen molar-refractivity contribution in [1.82, 2.24) is 4.98 Å². The van der Waals surface area contributed by atoms with Gasteiger partial charge in [-0.05, 0) is 30.4 Å². The maximum absolute atomic E-state index is 11.1. The summed E-state index contributed by atoms with van der Waals surface area (Å²) < 4.78 is 0. The van der Waals surface area contributed by atoms with Crippen LogP contribution >= 0.6 is 0 Å². The lowest BCUT2D eigenvalue weighted by atomic mass is 9.86. The SMILES string of the molecule is CC=CC(C)(C)Cc1cc[nH]c(=O)c1. The molecule has 2 heteroatoms. The van der Waals surface area contributed by atoms with Crippen molar-refractivity contribution < 1.29 is 0 Å². The van der Waals surface area contributed by atoms with Gasteiger partial charge in [0.15, 0.2) is 0 Å². The van der Waals surface area contributed by atoms with Gasteiger partial charge >= 0.3 is 0 Å². The molecule has 0 amide bonds. The maximum Gasteiger partial charge on any atom is 0.248 e. The van der Waals surface area contributed by atoms with Gasteiger partial charge in [0.05, 0.1) is 0 Å². The van der Waals surface area contributed by atoms with Gasteiger partial charge in [0, 0.05) is 12.3 Å². The minimum Gasteiger partial charge on any atom is -0.329 e. The molecule has 1 rings (SSSR count). The lowest BCUT2D eigenvalue weighted by molar-refractivity contribution is 0.477. The zero-order valence-corrected chi connectivity index (χ0v) is 9.00. The molecule has 0 saturated heterocycles. The minimum atomic E-state index is -0.0289. The van der Waals surface area contributed by atoms with Crippen molar-refractivity contribution in [2.24, 2.45) is 5.41 Å². The quantitative estimate of drug-likeness (QED) is 0.732. The average molecular weight is 191 g/mol. The number of nitrogens with one attached hydrogen (secondary N) is 1. The van der Waals surface area contributed by atoms with Crippen molar-refractivity contribution in [3.05, 3.63) is 46.4 Å². The van der Waals surface area contributed by atoms with Gasteiger partial charge in [-0.2, -0.15) is 0 Å². The summed E-state index contributed by atoms with van der Waals surface area (Å²) in [6.45, 7) is 6.34. The molecule has 0 bridgehead atoms. The van der Waals surface area contributed by atoms with Gasteiger partial charge in [0.25, 0.3) is 0 Å². The van der Waals surface area contributed by atoms with E-state index < -0.39 is 0 Å². The van der Waals surface area contributed by atoms with Crippen LogP contribution in [0, 0.1) is 5.41 Å². The summed E-state index contributed by atoms with van der Waals surface area (Å²) in [5.41, 5.74) is 1.17. The first-order valence-electron chi connectivity index (χ1n) is 4.85. The molecular formula is C12H17NO. The van der Waals surface area contributed by atoms with Crippen molar-refractivity contribution in [2.45, 2.75) is 27.2 Å². The number of allylic oxidation sites excluding steroid dienone is 2. The van der Waals surface area contributed by atoms with E-state index in [0.29, 0.717) is 0 Å². The first kappa shape index (κ1) is 10.8. The molecule has 1 N–H and O–H groups in total. The van der Waals surface area contributed by atoms with E-state index in [-0.39, 0.29) is 11.0 Å². The van der Waals surface area contributed by atoms with E-state index >= 15 is 0 Å². The normalized spacial score (nSPS) is 12.2. The van der Waals surface area contributed by atoms with Crippen LogP contribution < -0.4 is 5.56 Å². The van der Waals surface area contributed by atoms with E-state index in [1.165, 1.54) is 0 Å². The van der Waals surface area contributed by atoms with Gasteiger partial charge in [-0.15, -0.1) is 0 Å². The first-order chi connectivity index (χ1) is 6.53. The Morgan fingerprint density at radius 1 is 1.50 bits per heavy atom. The predicted molar refractivity (Wildman–Crippen MR) is 59.4 cm³/mol. The summed E-state index contributed by atoms with van der Waals surface area (Å²) >= 11 is 0. The number of rotatable bonds is 3. The topological polar surface area (TPSA) is 32.9 Å². The number of pyridine rings is 1. The molecule has 0 aliphatic carbocycles. The van der Waals surface area contributed by atoms with Gasteiger partial charge in [-0.3, -0.25) is 4.79 Å². The molecule has 0 radical (unpaired) electrons. The van der Waals surface area contributed by atoms with E-state index in [0.717, 1.165) is 12.0 Å². The van der Waals surface area contributed by atoms with E-state index in [2.05, 4.69) is 24.9 Å². The summed E-state index contributed by atoms with van der Waals surface area (Å²) in [4.78, 5) is 13.7. The van der Waals surface area contributed by atoms with Crippen LogP contribution in [0.3, 0.4) is 0 Å². The Balaban J connectivity index is 2.83. The van der Waals surface area contributed by atoms with Crippen LogP contribution in [0.4, 0.5) is 0 Å². The highest BCUT2D eigenvalue weighted by molar-refractivity contribution is 5.14. The Morgan fingerprint density at radius 2 is 2.21 bits per heavy atom. The smallest absolute Gasteiger partial charge is 0.248 e. The second kappa shape index (κ2) is 4.27. The maximum atomic E-state index is 11.1. The fraction of sp³-hybridized carbons (Fsp3) is 0.417. The largest absolute Gasteiger partial charge is 0.329 e. The zero-order chi connectivity index (χ0) is 10.6. The van der Waals surface area contributed by atoms with E-state index in [4.69, 9.17) is 0 Å². The van der Waals surface area contributed by atoms with Crippen molar-refractivity contribution in [3.63, 3.8) is 0 Å². The lowest BCUT2D eigenvalue weighted by Crippen LogP contribution is -2.13. The van der Waals surface area contributed by atoms with Crippen molar-refractivity contribution in [3.8, 4) is 0 Å². The lowest BCUT2D eigenvalue weighted by Gasteiger charge is -2.19. The molecule has 0 saturated carbocycles. The van der Waals surface area contributed by atoms with Gasteiger partial charge in [-0.25, -0.2) is 0 Å². The Morgan fingerprint density at radius 3 is 2.79 bits per heavy atom. The van der Waals surface area contributed by atoms with Crippen LogP contribution in [-0.2, 0) is 6.42 Å². The molecule has 1 aromatic heterocycles. The van der Waals surface area contributed by atoms with Crippen molar-refractivity contribution >= 4 is 0 Å². The van der Waals surface area contributed by atoms with Crippen molar-refractivity contribution in [2.75, 3.05) is 0 Å². The van der Waals surface area contributed by atoms with E-state index in [1.54, 1.807) is 12.3 Å². The molecule has 0 unspecified atom stereocenters. The van der Waals surface area contributed by atoms with Crippen LogP contribution in [0.5, 0.6) is 0 Å². The summed E-state index contributed by atoms with van der Waals surface area (Å²) in [7, 11) is 0. The summed E-state index contributed by atoms with van der Waals surface area (Å²) in [6.07, 6.45) is 6.80. The highest BCUT2D eigenvalue weighted by Gasteiger charge is 2.13. The monoisotopic (exact) mass is 191 g/mol. The number of hydrogen-bond donors (Lipinski definition) is 1. The van der Waals surface area contributed by atoms with Gasteiger partial charge < -0.3 is 4.98 Å². The molecule has 1 aromatic rings. The fourth-order valence-electron chi connectivity index (χ4n) is 1.64. The highest BCUT2D eigenvalue weighted by atomic mass is 16.1. The molecule has 0 aromatic carbocycles. The summed E-state index contributed by atoms with van der Waals surface area (Å²) in [5.74, 6) is 0. The third-order valence-electron chi connectivity index (χ3n) is 2.12. The Kier molecular flexibility index (Phi) is 3.28. The Bertz CT molecular complexity index is 374. The third-order valence-corrected chi connectivity index (χ3v) is 2.12. The van der Waals surface area contributed by atoms with Crippen LogP contribution in [0.15, 0.2) is 35.3 Å². The van der Waals surface area contributed by atoms with E-state index in [9.17, 15) is 4.79 Å². The molecule has 2 nitrogen and oxygen atoms in total. The minimum absolute atomic E-state index is 0.0289. The molecule has 14 heavy (non-hydrogen) atoms. The Hall–Kier alpha value is -1.31. The molecule has 0 aliphatic heterocycles. The van der Waals surface area contributed by atoms with Gasteiger partial charge in [-0.1, -0.05) is 26.0 Å². The summed E-state index contributed by atoms with van der Waals surface area (Å²) in [6, 6.07) is 3.61. The standard InChI is InChI=1S/C12H17NO/c1-4-6-12(2,3)9-10-5-7-13-11(14)8-10/h4-8H,9H2,1-3H3,(H,13,14). The number of hydrogen-bond acceptors (Lipinski definition) is 1. The second-order valence-corrected chi connectivity index (χ2v) is 4.23. The van der Waals surface area contributed by atoms with Gasteiger partial charge in [0.2, 0.25) is 5.56 Å². The van der Waals surface area contributed by atoms with Crippen molar-refractivity contribution in [1.29, 1.82) is 0 Å². The van der Waals surface area contributed by atoms with Crippen LogP contribution in [-0.4, -0.2) is 4.98 Å². The second-order valence-electron chi connectivity index (χ2n) is 4.23. The van der Waals surface area contributed by atoms with Crippen LogP contribution in [0.1, 0.15) is 26.3 Å². The molecule has 0 aliphatic rings. The predicted octanol–water partition coefficient (Wildman–Crippen LogP) is 2.52. The fourth-order valence-corrected chi connectivity index (χ4v) is 1.64. The average Bonchev–Trinajstić information content (AvgIpc) is 2.02. The highest BCUT2D eigenvalue weighted by Crippen LogP contribution is 2.22.